The molecule has 0 aromatic heterocycles. The Bertz CT molecular complexity index is 1240. The zero-order valence-electron chi connectivity index (χ0n) is 18.8. The van der Waals surface area contributed by atoms with Crippen molar-refractivity contribution < 1.29 is 22.7 Å². The first-order chi connectivity index (χ1) is 16.2. The third-order valence-electron chi connectivity index (χ3n) is 7.66. The summed E-state index contributed by atoms with van der Waals surface area (Å²) in [6.45, 7) is 2.72. The van der Waals surface area contributed by atoms with Crippen molar-refractivity contribution in [1.82, 2.24) is 4.90 Å². The minimum absolute atomic E-state index is 0.0422. The van der Waals surface area contributed by atoms with Crippen molar-refractivity contribution in [2.45, 2.75) is 42.2 Å². The summed E-state index contributed by atoms with van der Waals surface area (Å²) in [7, 11) is -3.49. The highest BCUT2D eigenvalue weighted by Gasteiger charge is 2.72. The van der Waals surface area contributed by atoms with Gasteiger partial charge in [0.15, 0.2) is 9.84 Å². The molecule has 0 radical (unpaired) electrons. The number of primary amides is 1. The van der Waals surface area contributed by atoms with Gasteiger partial charge in [-0.2, -0.15) is 0 Å². The van der Waals surface area contributed by atoms with E-state index >= 15 is 0 Å². The number of fused-ring (bicyclic) bond motifs is 1. The van der Waals surface area contributed by atoms with Crippen molar-refractivity contribution >= 4 is 33.3 Å². The van der Waals surface area contributed by atoms with Crippen LogP contribution in [-0.4, -0.2) is 55.7 Å². The Balaban J connectivity index is 1.59. The Morgan fingerprint density at radius 3 is 2.50 bits per heavy atom. The number of nitrogens with two attached hydrogens (primary N) is 1. The second-order valence-electron chi connectivity index (χ2n) is 9.48. The standard InChI is InChI=1S/C25H27ClN2O5S/c1-2-34(31,32)20-5-3-4-16(10-20)24(30)28-21(23(27)29)11-18-12-25(18,28)22(17-13-33-14-17)15-6-8-19(26)9-7-15/h3-10,17-18,21-22H,2,11-14H2,1H3,(H2,27,29)/t18?,21?,22-,25?/m0/s1. The van der Waals surface area contributed by atoms with Crippen LogP contribution in [0, 0.1) is 11.8 Å². The predicted octanol–water partition coefficient (Wildman–Crippen LogP) is 3.02. The molecule has 2 N–H and O–H groups in total. The molecule has 0 spiro atoms. The number of hydrogen-bond acceptors (Lipinski definition) is 5. The van der Waals surface area contributed by atoms with E-state index in [2.05, 4.69) is 0 Å². The van der Waals surface area contributed by atoms with Gasteiger partial charge in [-0.1, -0.05) is 36.7 Å². The first kappa shape index (κ1) is 23.3. The highest BCUT2D eigenvalue weighted by atomic mass is 35.5. The Morgan fingerprint density at radius 2 is 1.91 bits per heavy atom. The summed E-state index contributed by atoms with van der Waals surface area (Å²) >= 11 is 6.14. The van der Waals surface area contributed by atoms with E-state index in [9.17, 15) is 18.0 Å². The minimum atomic E-state index is -3.49. The summed E-state index contributed by atoms with van der Waals surface area (Å²) < 4.78 is 30.4. The fraction of sp³-hybridized carbons (Fsp3) is 0.440. The van der Waals surface area contributed by atoms with Crippen molar-refractivity contribution in [1.29, 1.82) is 0 Å². The van der Waals surface area contributed by atoms with Crippen molar-refractivity contribution in [2.24, 2.45) is 17.6 Å². The fourth-order valence-corrected chi connectivity index (χ4v) is 6.95. The average Bonchev–Trinajstić information content (AvgIpc) is 3.40. The van der Waals surface area contributed by atoms with Crippen LogP contribution < -0.4 is 5.73 Å². The van der Waals surface area contributed by atoms with E-state index in [1.54, 1.807) is 24.0 Å². The number of ether oxygens (including phenoxy) is 1. The van der Waals surface area contributed by atoms with E-state index < -0.39 is 27.3 Å². The van der Waals surface area contributed by atoms with Gasteiger partial charge in [-0.3, -0.25) is 9.59 Å². The van der Waals surface area contributed by atoms with Gasteiger partial charge in [0, 0.05) is 22.4 Å². The van der Waals surface area contributed by atoms with Gasteiger partial charge in [0.25, 0.3) is 5.91 Å². The number of rotatable bonds is 7. The van der Waals surface area contributed by atoms with Crippen molar-refractivity contribution in [2.75, 3.05) is 19.0 Å². The molecule has 9 heteroatoms. The zero-order valence-corrected chi connectivity index (χ0v) is 20.4. The molecule has 3 fully saturated rings. The third-order valence-corrected chi connectivity index (χ3v) is 9.64. The largest absolute Gasteiger partial charge is 0.381 e. The summed E-state index contributed by atoms with van der Waals surface area (Å²) in [5.41, 5.74) is 6.50. The maximum absolute atomic E-state index is 14.0. The molecule has 5 rings (SSSR count). The Labute approximate surface area is 204 Å². The normalized spacial score (nSPS) is 27.1. The highest BCUT2D eigenvalue weighted by molar-refractivity contribution is 7.91. The van der Waals surface area contributed by atoms with E-state index in [1.165, 1.54) is 12.1 Å². The Kier molecular flexibility index (Phi) is 5.73. The number of carbonyl (C=O) groups is 2. The van der Waals surface area contributed by atoms with Crippen molar-refractivity contribution in [3.63, 3.8) is 0 Å². The van der Waals surface area contributed by atoms with Gasteiger partial charge in [0.2, 0.25) is 5.91 Å². The molecule has 7 nitrogen and oxygen atoms in total. The number of likely N-dealkylation sites (tertiary alicyclic amines) is 1. The van der Waals surface area contributed by atoms with E-state index in [4.69, 9.17) is 22.1 Å². The number of nitrogens with zero attached hydrogens (tertiary/aromatic N) is 1. The molecule has 1 saturated carbocycles. The molecule has 3 aliphatic rings. The van der Waals surface area contributed by atoms with Gasteiger partial charge in [0.1, 0.15) is 6.04 Å². The van der Waals surface area contributed by atoms with Crippen LogP contribution in [0.4, 0.5) is 0 Å². The lowest BCUT2D eigenvalue weighted by atomic mass is 9.76. The second kappa shape index (κ2) is 8.36. The molecular formula is C25H27ClN2O5S. The molecule has 2 aliphatic heterocycles. The number of carbonyl (C=O) groups excluding carboxylic acids is 2. The van der Waals surface area contributed by atoms with Gasteiger partial charge in [0.05, 0.1) is 29.4 Å². The fourth-order valence-electron chi connectivity index (χ4n) is 5.90. The van der Waals surface area contributed by atoms with Gasteiger partial charge < -0.3 is 15.4 Å². The third kappa shape index (κ3) is 3.63. The van der Waals surface area contributed by atoms with Gasteiger partial charge in [-0.25, -0.2) is 8.42 Å². The zero-order chi connectivity index (χ0) is 24.3. The molecule has 2 saturated heterocycles. The van der Waals surface area contributed by atoms with E-state index in [0.717, 1.165) is 12.0 Å². The number of halogens is 1. The maximum Gasteiger partial charge on any atom is 0.255 e. The van der Waals surface area contributed by atoms with Gasteiger partial charge >= 0.3 is 0 Å². The Hall–Kier alpha value is -2.42. The lowest BCUT2D eigenvalue weighted by Crippen LogP contribution is -2.55. The van der Waals surface area contributed by atoms with Crippen LogP contribution >= 0.6 is 11.6 Å². The first-order valence-electron chi connectivity index (χ1n) is 11.5. The number of piperidine rings is 1. The average molecular weight is 503 g/mol. The molecule has 1 aliphatic carbocycles. The van der Waals surface area contributed by atoms with Gasteiger partial charge in [-0.05, 0) is 54.7 Å². The summed E-state index contributed by atoms with van der Waals surface area (Å²) in [4.78, 5) is 28.2. The summed E-state index contributed by atoms with van der Waals surface area (Å²) in [6.07, 6.45) is 1.27. The van der Waals surface area contributed by atoms with Crippen LogP contribution in [-0.2, 0) is 19.4 Å². The van der Waals surface area contributed by atoms with E-state index in [1.807, 2.05) is 24.3 Å². The number of hydrogen-bond donors (Lipinski definition) is 1. The summed E-state index contributed by atoms with van der Waals surface area (Å²) in [5, 5.41) is 0.625. The molecule has 2 heterocycles. The van der Waals surface area contributed by atoms with Crippen LogP contribution in [0.3, 0.4) is 0 Å². The van der Waals surface area contributed by atoms with Crippen LogP contribution in [0.2, 0.25) is 5.02 Å². The lowest BCUT2D eigenvalue weighted by molar-refractivity contribution is -0.123. The highest BCUT2D eigenvalue weighted by Crippen LogP contribution is 2.66. The van der Waals surface area contributed by atoms with Crippen molar-refractivity contribution in [3.05, 3.63) is 64.7 Å². The Morgan fingerprint density at radius 1 is 1.21 bits per heavy atom. The molecule has 180 valence electrons. The summed E-state index contributed by atoms with van der Waals surface area (Å²) in [5.74, 6) is -0.685. The molecule has 3 unspecified atom stereocenters. The first-order valence-corrected chi connectivity index (χ1v) is 13.5. The minimum Gasteiger partial charge on any atom is -0.381 e. The van der Waals surface area contributed by atoms with Crippen LogP contribution in [0.1, 0.15) is 41.6 Å². The van der Waals surface area contributed by atoms with Gasteiger partial charge in [-0.15, -0.1) is 0 Å². The van der Waals surface area contributed by atoms with Crippen LogP contribution in [0.15, 0.2) is 53.4 Å². The maximum atomic E-state index is 14.0. The second-order valence-corrected chi connectivity index (χ2v) is 12.2. The molecule has 2 aromatic rings. The van der Waals surface area contributed by atoms with E-state index in [0.29, 0.717) is 24.7 Å². The summed E-state index contributed by atoms with van der Waals surface area (Å²) in [6, 6.07) is 12.9. The SMILES string of the molecule is CCS(=O)(=O)c1cccc(C(=O)N2C(C(N)=O)CC3CC32[C@@H](c2ccc(Cl)cc2)C2COC2)c1. The van der Waals surface area contributed by atoms with E-state index in [-0.39, 0.29) is 39.9 Å². The number of benzene rings is 2. The smallest absolute Gasteiger partial charge is 0.255 e. The monoisotopic (exact) mass is 502 g/mol. The number of sulfone groups is 1. The lowest BCUT2D eigenvalue weighted by Gasteiger charge is -2.44. The predicted molar refractivity (Wildman–Crippen MR) is 127 cm³/mol. The molecule has 0 bridgehead atoms. The number of amides is 2. The molecule has 2 aromatic carbocycles. The quantitative estimate of drug-likeness (QED) is 0.626. The molecular weight excluding hydrogens is 476 g/mol. The topological polar surface area (TPSA) is 107 Å². The van der Waals surface area contributed by atoms with Crippen LogP contribution in [0.5, 0.6) is 0 Å². The molecule has 34 heavy (non-hydrogen) atoms. The van der Waals surface area contributed by atoms with Crippen molar-refractivity contribution in [3.8, 4) is 0 Å². The van der Waals surface area contributed by atoms with Crippen LogP contribution in [0.25, 0.3) is 0 Å². The molecule has 4 atom stereocenters. The molecule has 2 amide bonds.